The third kappa shape index (κ3) is 2.68. The Hall–Kier alpha value is -1.69. The normalized spacial score (nSPS) is 9.15. The first-order chi connectivity index (χ1) is 6.24. The first kappa shape index (κ1) is 9.40. The molecule has 0 heterocycles. The molecule has 1 rings (SSSR count). The van der Waals surface area contributed by atoms with Crippen molar-refractivity contribution in [3.05, 3.63) is 35.4 Å². The van der Waals surface area contributed by atoms with Crippen LogP contribution in [0.5, 0.6) is 0 Å². The van der Waals surface area contributed by atoms with Gasteiger partial charge in [-0.2, -0.15) is 0 Å². The molecule has 13 heavy (non-hydrogen) atoms. The van der Waals surface area contributed by atoms with Crippen LogP contribution in [-0.2, 0) is 4.79 Å². The summed E-state index contributed by atoms with van der Waals surface area (Å²) < 4.78 is 24.3. The molecule has 0 fully saturated rings. The van der Waals surface area contributed by atoms with Crippen molar-refractivity contribution in [2.75, 3.05) is 0 Å². The highest BCUT2D eigenvalue weighted by molar-refractivity contribution is 5.73. The highest BCUT2D eigenvalue weighted by atomic mass is 19.3. The van der Waals surface area contributed by atoms with E-state index in [-0.39, 0.29) is 5.56 Å². The van der Waals surface area contributed by atoms with Gasteiger partial charge in [0.2, 0.25) is 0 Å². The van der Waals surface area contributed by atoms with Crippen LogP contribution in [0, 0.1) is 11.8 Å². The van der Waals surface area contributed by atoms with E-state index in [9.17, 15) is 13.6 Å². The zero-order valence-corrected chi connectivity index (χ0v) is 6.63. The van der Waals surface area contributed by atoms with Crippen molar-refractivity contribution in [3.63, 3.8) is 0 Å². The summed E-state index contributed by atoms with van der Waals surface area (Å²) in [6, 6.07) is 5.64. The summed E-state index contributed by atoms with van der Waals surface area (Å²) in [6.07, 6.45) is -2.08. The van der Waals surface area contributed by atoms with Crippen molar-refractivity contribution in [3.8, 4) is 11.8 Å². The van der Waals surface area contributed by atoms with Gasteiger partial charge in [-0.05, 0) is 18.1 Å². The number of aldehydes is 1. The van der Waals surface area contributed by atoms with Gasteiger partial charge < -0.3 is 0 Å². The number of carbonyl (C=O) groups excluding carboxylic acids is 1. The highest BCUT2D eigenvalue weighted by Gasteiger charge is 2.05. The number of rotatable bonds is 1. The fourth-order valence-electron chi connectivity index (χ4n) is 0.865. The van der Waals surface area contributed by atoms with Crippen molar-refractivity contribution in [1.82, 2.24) is 0 Å². The van der Waals surface area contributed by atoms with E-state index < -0.39 is 6.43 Å². The van der Waals surface area contributed by atoms with Gasteiger partial charge in [0.1, 0.15) is 0 Å². The first-order valence-electron chi connectivity index (χ1n) is 3.57. The van der Waals surface area contributed by atoms with Gasteiger partial charge in [-0.15, -0.1) is 0 Å². The van der Waals surface area contributed by atoms with Gasteiger partial charge in [0.15, 0.2) is 6.29 Å². The maximum absolute atomic E-state index is 12.2. The molecule has 0 atom stereocenters. The average molecular weight is 180 g/mol. The van der Waals surface area contributed by atoms with Gasteiger partial charge in [-0.1, -0.05) is 18.1 Å². The monoisotopic (exact) mass is 180 g/mol. The summed E-state index contributed by atoms with van der Waals surface area (Å²) in [7, 11) is 0. The molecule has 0 amide bonds. The fourth-order valence-corrected chi connectivity index (χ4v) is 0.865. The largest absolute Gasteiger partial charge is 0.289 e. The maximum Gasteiger partial charge on any atom is 0.263 e. The zero-order chi connectivity index (χ0) is 9.68. The van der Waals surface area contributed by atoms with Gasteiger partial charge in [0, 0.05) is 11.1 Å². The van der Waals surface area contributed by atoms with Crippen LogP contribution in [0.3, 0.4) is 0 Å². The summed E-state index contributed by atoms with van der Waals surface area (Å²) in [5.74, 6) is 4.59. The Morgan fingerprint density at radius 2 is 2.15 bits per heavy atom. The molecule has 0 saturated carbocycles. The molecule has 0 spiro atoms. The molecule has 3 heteroatoms. The van der Waals surface area contributed by atoms with E-state index >= 15 is 0 Å². The first-order valence-corrected chi connectivity index (χ1v) is 3.57. The highest BCUT2D eigenvalue weighted by Crippen LogP contribution is 2.18. The second-order valence-corrected chi connectivity index (χ2v) is 2.31. The molecule has 1 aromatic rings. The van der Waals surface area contributed by atoms with E-state index in [1.165, 1.54) is 18.2 Å². The van der Waals surface area contributed by atoms with Crippen LogP contribution >= 0.6 is 0 Å². The van der Waals surface area contributed by atoms with Gasteiger partial charge in [-0.25, -0.2) is 8.78 Å². The molecule has 0 saturated heterocycles. The molecule has 1 aromatic carbocycles. The third-order valence-electron chi connectivity index (χ3n) is 1.41. The lowest BCUT2D eigenvalue weighted by atomic mass is 10.1. The SMILES string of the molecule is O=CC#Cc1cccc(C(F)F)c1. The Kier molecular flexibility index (Phi) is 3.15. The summed E-state index contributed by atoms with van der Waals surface area (Å²) >= 11 is 0. The van der Waals surface area contributed by atoms with Gasteiger partial charge in [0.25, 0.3) is 6.43 Å². The number of alkyl halides is 2. The zero-order valence-electron chi connectivity index (χ0n) is 6.63. The number of benzene rings is 1. The van der Waals surface area contributed by atoms with Crippen molar-refractivity contribution < 1.29 is 13.6 Å². The second-order valence-electron chi connectivity index (χ2n) is 2.31. The number of hydrogen-bond acceptors (Lipinski definition) is 1. The minimum absolute atomic E-state index is 0.0855. The van der Waals surface area contributed by atoms with Crippen LogP contribution < -0.4 is 0 Å². The van der Waals surface area contributed by atoms with E-state index in [0.717, 1.165) is 0 Å². The quantitative estimate of drug-likeness (QED) is 0.478. The van der Waals surface area contributed by atoms with Crippen LogP contribution in [0.15, 0.2) is 24.3 Å². The third-order valence-corrected chi connectivity index (χ3v) is 1.41. The Labute approximate surface area is 74.4 Å². The van der Waals surface area contributed by atoms with E-state index in [0.29, 0.717) is 11.8 Å². The number of hydrogen-bond donors (Lipinski definition) is 0. The van der Waals surface area contributed by atoms with E-state index in [1.807, 2.05) is 0 Å². The van der Waals surface area contributed by atoms with E-state index in [1.54, 1.807) is 6.07 Å². The topological polar surface area (TPSA) is 17.1 Å². The van der Waals surface area contributed by atoms with Crippen molar-refractivity contribution in [2.45, 2.75) is 6.43 Å². The van der Waals surface area contributed by atoms with Gasteiger partial charge >= 0.3 is 0 Å². The van der Waals surface area contributed by atoms with Crippen LogP contribution in [0.4, 0.5) is 8.78 Å². The predicted octanol–water partition coefficient (Wildman–Crippen LogP) is 2.17. The number of halogens is 2. The molecule has 0 bridgehead atoms. The lowest BCUT2D eigenvalue weighted by Crippen LogP contribution is -1.84. The summed E-state index contributed by atoms with van der Waals surface area (Å²) in [6.45, 7) is 0. The fraction of sp³-hybridized carbons (Fsp3) is 0.100. The predicted molar refractivity (Wildman–Crippen MR) is 44.3 cm³/mol. The minimum atomic E-state index is -2.50. The standard InChI is InChI=1S/C10H6F2O/c11-10(12)9-5-1-3-8(7-9)4-2-6-13/h1,3,5-7,10H. The van der Waals surface area contributed by atoms with Crippen molar-refractivity contribution in [2.24, 2.45) is 0 Å². The molecule has 0 aliphatic carbocycles. The summed E-state index contributed by atoms with van der Waals surface area (Å²) in [5.41, 5.74) is 0.336. The van der Waals surface area contributed by atoms with Crippen LogP contribution in [-0.4, -0.2) is 6.29 Å². The van der Waals surface area contributed by atoms with Crippen molar-refractivity contribution in [1.29, 1.82) is 0 Å². The second kappa shape index (κ2) is 4.36. The maximum atomic E-state index is 12.2. The molecule has 0 aliphatic rings. The van der Waals surface area contributed by atoms with Crippen LogP contribution in [0.2, 0.25) is 0 Å². The lowest BCUT2D eigenvalue weighted by molar-refractivity contribution is -0.103. The number of carbonyl (C=O) groups is 1. The molecule has 66 valence electrons. The smallest absolute Gasteiger partial charge is 0.263 e. The molecule has 0 aromatic heterocycles. The van der Waals surface area contributed by atoms with E-state index in [4.69, 9.17) is 0 Å². The molecular weight excluding hydrogens is 174 g/mol. The molecule has 0 aliphatic heterocycles. The molecular formula is C10H6F2O. The molecule has 0 unspecified atom stereocenters. The Balaban J connectivity index is 2.98. The lowest BCUT2D eigenvalue weighted by Gasteiger charge is -1.98. The van der Waals surface area contributed by atoms with Gasteiger partial charge in [-0.3, -0.25) is 4.79 Å². The average Bonchev–Trinajstić information content (AvgIpc) is 2.15. The Morgan fingerprint density at radius 3 is 2.77 bits per heavy atom. The van der Waals surface area contributed by atoms with Crippen molar-refractivity contribution >= 4 is 6.29 Å². The Bertz CT molecular complexity index is 361. The van der Waals surface area contributed by atoms with Crippen LogP contribution in [0.1, 0.15) is 17.6 Å². The molecule has 0 radical (unpaired) electrons. The molecule has 0 N–H and O–H groups in total. The minimum Gasteiger partial charge on any atom is -0.289 e. The van der Waals surface area contributed by atoms with Crippen LogP contribution in [0.25, 0.3) is 0 Å². The summed E-state index contributed by atoms with van der Waals surface area (Å²) in [4.78, 5) is 9.88. The van der Waals surface area contributed by atoms with E-state index in [2.05, 4.69) is 11.8 Å². The Morgan fingerprint density at radius 1 is 1.38 bits per heavy atom. The summed E-state index contributed by atoms with van der Waals surface area (Å²) in [5, 5.41) is 0. The van der Waals surface area contributed by atoms with Gasteiger partial charge in [0.05, 0.1) is 0 Å². The molecule has 1 nitrogen and oxygen atoms in total.